The van der Waals surface area contributed by atoms with Crippen molar-refractivity contribution in [3.05, 3.63) is 53.6 Å². The highest BCUT2D eigenvalue weighted by Gasteiger charge is 2.10. The summed E-state index contributed by atoms with van der Waals surface area (Å²) in [6.45, 7) is 1.88. The van der Waals surface area contributed by atoms with Crippen LogP contribution in [0.2, 0.25) is 0 Å². The Balaban J connectivity index is 2.63. The van der Waals surface area contributed by atoms with E-state index in [1.165, 1.54) is 0 Å². The van der Waals surface area contributed by atoms with E-state index >= 15 is 0 Å². The molecule has 0 radical (unpaired) electrons. The number of phenolic OH excluding ortho intramolecular Hbond substituents is 1. The van der Waals surface area contributed by atoms with Crippen LogP contribution in [0.1, 0.15) is 15.9 Å². The highest BCUT2D eigenvalue weighted by molar-refractivity contribution is 5.90. The van der Waals surface area contributed by atoms with Crippen molar-refractivity contribution in [1.82, 2.24) is 0 Å². The second kappa shape index (κ2) is 4.29. The van der Waals surface area contributed by atoms with Crippen LogP contribution in [0.25, 0.3) is 11.1 Å². The first-order chi connectivity index (χ1) is 8.09. The van der Waals surface area contributed by atoms with Crippen LogP contribution >= 0.6 is 0 Å². The lowest BCUT2D eigenvalue weighted by atomic mass is 9.97. The number of carboxylic acid groups (broad SMARTS) is 1. The maximum Gasteiger partial charge on any atom is 0.335 e. The van der Waals surface area contributed by atoms with Gasteiger partial charge in [-0.1, -0.05) is 24.3 Å². The molecular formula is C14H12O3. The third kappa shape index (κ3) is 2.13. The van der Waals surface area contributed by atoms with Gasteiger partial charge in [-0.05, 0) is 36.2 Å². The number of para-hydroxylation sites is 1. The number of carboxylic acids is 1. The lowest BCUT2D eigenvalue weighted by molar-refractivity contribution is 0.0697. The van der Waals surface area contributed by atoms with E-state index in [0.717, 1.165) is 11.1 Å². The fraction of sp³-hybridized carbons (Fsp3) is 0.0714. The van der Waals surface area contributed by atoms with Gasteiger partial charge in [0.25, 0.3) is 0 Å². The third-order valence-electron chi connectivity index (χ3n) is 2.68. The van der Waals surface area contributed by atoms with Crippen molar-refractivity contribution in [2.24, 2.45) is 0 Å². The first kappa shape index (κ1) is 11.2. The highest BCUT2D eigenvalue weighted by atomic mass is 16.4. The molecule has 2 aromatic carbocycles. The van der Waals surface area contributed by atoms with Crippen LogP contribution in [0.4, 0.5) is 0 Å². The van der Waals surface area contributed by atoms with Crippen molar-refractivity contribution in [2.45, 2.75) is 6.92 Å². The first-order valence-electron chi connectivity index (χ1n) is 5.22. The molecule has 0 saturated heterocycles. The first-order valence-corrected chi connectivity index (χ1v) is 5.22. The lowest BCUT2D eigenvalue weighted by Gasteiger charge is -2.09. The summed E-state index contributed by atoms with van der Waals surface area (Å²) in [5, 5.41) is 18.7. The molecule has 0 amide bonds. The largest absolute Gasteiger partial charge is 0.507 e. The van der Waals surface area contributed by atoms with Gasteiger partial charge in [0.05, 0.1) is 5.56 Å². The molecule has 0 heterocycles. The van der Waals surface area contributed by atoms with Gasteiger partial charge in [-0.2, -0.15) is 0 Å². The highest BCUT2D eigenvalue weighted by Crippen LogP contribution is 2.31. The molecule has 0 aliphatic heterocycles. The van der Waals surface area contributed by atoms with Gasteiger partial charge in [-0.3, -0.25) is 0 Å². The number of rotatable bonds is 2. The minimum atomic E-state index is -0.971. The summed E-state index contributed by atoms with van der Waals surface area (Å²) in [6.07, 6.45) is 0. The van der Waals surface area contributed by atoms with Crippen LogP contribution in [0.3, 0.4) is 0 Å². The average Bonchev–Trinajstić information content (AvgIpc) is 2.30. The van der Waals surface area contributed by atoms with Gasteiger partial charge in [0.15, 0.2) is 0 Å². The van der Waals surface area contributed by atoms with Crippen molar-refractivity contribution < 1.29 is 15.0 Å². The molecule has 0 saturated carbocycles. The SMILES string of the molecule is Cc1ccc(C(=O)O)cc1-c1ccccc1O. The second-order valence-corrected chi connectivity index (χ2v) is 3.85. The molecule has 0 atom stereocenters. The fourth-order valence-electron chi connectivity index (χ4n) is 1.75. The number of hydrogen-bond donors (Lipinski definition) is 2. The van der Waals surface area contributed by atoms with Crippen LogP contribution in [-0.2, 0) is 0 Å². The molecule has 0 aliphatic rings. The average molecular weight is 228 g/mol. The molecule has 17 heavy (non-hydrogen) atoms. The summed E-state index contributed by atoms with van der Waals surface area (Å²) in [5.41, 5.74) is 2.53. The second-order valence-electron chi connectivity index (χ2n) is 3.85. The number of carbonyl (C=O) groups is 1. The van der Waals surface area contributed by atoms with Crippen LogP contribution in [0.15, 0.2) is 42.5 Å². The Hall–Kier alpha value is -2.29. The zero-order chi connectivity index (χ0) is 12.4. The van der Waals surface area contributed by atoms with E-state index in [0.29, 0.717) is 5.56 Å². The van der Waals surface area contributed by atoms with Crippen molar-refractivity contribution in [3.8, 4) is 16.9 Å². The van der Waals surface area contributed by atoms with Gasteiger partial charge in [0, 0.05) is 5.56 Å². The number of benzene rings is 2. The number of aromatic carboxylic acids is 1. The van der Waals surface area contributed by atoms with Gasteiger partial charge >= 0.3 is 5.97 Å². The number of aromatic hydroxyl groups is 1. The van der Waals surface area contributed by atoms with Crippen molar-refractivity contribution in [3.63, 3.8) is 0 Å². The number of hydrogen-bond acceptors (Lipinski definition) is 2. The molecule has 3 heteroatoms. The van der Waals surface area contributed by atoms with E-state index in [9.17, 15) is 9.90 Å². The van der Waals surface area contributed by atoms with Gasteiger partial charge in [0.1, 0.15) is 5.75 Å². The summed E-state index contributed by atoms with van der Waals surface area (Å²) < 4.78 is 0. The summed E-state index contributed by atoms with van der Waals surface area (Å²) >= 11 is 0. The molecule has 2 aromatic rings. The maximum absolute atomic E-state index is 10.9. The number of phenols is 1. The van der Waals surface area contributed by atoms with E-state index in [1.54, 1.807) is 36.4 Å². The molecule has 0 aromatic heterocycles. The Kier molecular flexibility index (Phi) is 2.83. The Morgan fingerprint density at radius 1 is 1.06 bits per heavy atom. The van der Waals surface area contributed by atoms with Crippen LogP contribution in [0, 0.1) is 6.92 Å². The van der Waals surface area contributed by atoms with Gasteiger partial charge in [-0.25, -0.2) is 4.79 Å². The minimum absolute atomic E-state index is 0.151. The zero-order valence-electron chi connectivity index (χ0n) is 9.34. The predicted molar refractivity (Wildman–Crippen MR) is 65.2 cm³/mol. The molecule has 0 unspecified atom stereocenters. The predicted octanol–water partition coefficient (Wildman–Crippen LogP) is 3.07. The molecule has 0 spiro atoms. The molecule has 0 bridgehead atoms. The van der Waals surface area contributed by atoms with Crippen LogP contribution in [0.5, 0.6) is 5.75 Å². The Bertz CT molecular complexity index is 573. The topological polar surface area (TPSA) is 57.5 Å². The Morgan fingerprint density at radius 2 is 1.76 bits per heavy atom. The van der Waals surface area contributed by atoms with Crippen LogP contribution in [-0.4, -0.2) is 16.2 Å². The standard InChI is InChI=1S/C14H12O3/c1-9-6-7-10(14(16)17)8-12(9)11-4-2-3-5-13(11)15/h2-8,15H,1H3,(H,16,17). The zero-order valence-corrected chi connectivity index (χ0v) is 9.34. The molecule has 3 nitrogen and oxygen atoms in total. The normalized spacial score (nSPS) is 10.2. The number of aryl methyl sites for hydroxylation is 1. The van der Waals surface area contributed by atoms with E-state index in [2.05, 4.69) is 0 Å². The molecule has 0 fully saturated rings. The quantitative estimate of drug-likeness (QED) is 0.830. The Morgan fingerprint density at radius 3 is 2.41 bits per heavy atom. The molecule has 2 rings (SSSR count). The summed E-state index contributed by atoms with van der Waals surface area (Å²) in [6, 6.07) is 11.8. The van der Waals surface area contributed by atoms with Gasteiger partial charge in [0.2, 0.25) is 0 Å². The van der Waals surface area contributed by atoms with Crippen molar-refractivity contribution in [2.75, 3.05) is 0 Å². The molecule has 0 aliphatic carbocycles. The van der Waals surface area contributed by atoms with Crippen molar-refractivity contribution in [1.29, 1.82) is 0 Å². The third-order valence-corrected chi connectivity index (χ3v) is 2.68. The molecular weight excluding hydrogens is 216 g/mol. The van der Waals surface area contributed by atoms with E-state index < -0.39 is 5.97 Å². The minimum Gasteiger partial charge on any atom is -0.507 e. The lowest BCUT2D eigenvalue weighted by Crippen LogP contribution is -1.97. The summed E-state index contributed by atoms with van der Waals surface area (Å²) in [4.78, 5) is 10.9. The van der Waals surface area contributed by atoms with Crippen molar-refractivity contribution >= 4 is 5.97 Å². The van der Waals surface area contributed by atoms with Crippen LogP contribution < -0.4 is 0 Å². The molecule has 2 N–H and O–H groups in total. The van der Waals surface area contributed by atoms with E-state index in [1.807, 2.05) is 13.0 Å². The smallest absolute Gasteiger partial charge is 0.335 e. The Labute approximate surface area is 99.0 Å². The monoisotopic (exact) mass is 228 g/mol. The van der Waals surface area contributed by atoms with Gasteiger partial charge < -0.3 is 10.2 Å². The molecule has 86 valence electrons. The van der Waals surface area contributed by atoms with Gasteiger partial charge in [-0.15, -0.1) is 0 Å². The fourth-order valence-corrected chi connectivity index (χ4v) is 1.75. The summed E-state index contributed by atoms with van der Waals surface area (Å²) in [5.74, 6) is -0.820. The van der Waals surface area contributed by atoms with E-state index in [4.69, 9.17) is 5.11 Å². The summed E-state index contributed by atoms with van der Waals surface area (Å²) in [7, 11) is 0. The van der Waals surface area contributed by atoms with E-state index in [-0.39, 0.29) is 11.3 Å². The maximum atomic E-state index is 10.9.